The van der Waals surface area contributed by atoms with Gasteiger partial charge in [0.1, 0.15) is 6.42 Å². The molecule has 0 aromatic rings. The highest BCUT2D eigenvalue weighted by atomic mass is 16.5. The van der Waals surface area contributed by atoms with Crippen LogP contribution in [0.1, 0.15) is 32.1 Å². The van der Waals surface area contributed by atoms with Crippen LogP contribution in [0.25, 0.3) is 0 Å². The molecule has 0 atom stereocenters. The Morgan fingerprint density at radius 3 is 2.64 bits per heavy atom. The minimum Gasteiger partial charge on any atom is -0.381 e. The Labute approximate surface area is 131 Å². The number of nitrogens with one attached hydrogen (secondary N) is 1. The molecule has 2 aliphatic heterocycles. The highest BCUT2D eigenvalue weighted by Crippen LogP contribution is 2.17. The summed E-state index contributed by atoms with van der Waals surface area (Å²) in [6.07, 6.45) is 5.09. The highest BCUT2D eigenvalue weighted by molar-refractivity contribution is 5.88. The molecule has 0 aromatic carbocycles. The smallest absolute Gasteiger partial charge is 0.243 e. The number of likely N-dealkylation sites (tertiary alicyclic amines) is 1. The summed E-state index contributed by atoms with van der Waals surface area (Å²) in [5.41, 5.74) is 1.15. The summed E-state index contributed by atoms with van der Waals surface area (Å²) in [6, 6.07) is 1.89. The third-order valence-electron chi connectivity index (χ3n) is 4.23. The Balaban J connectivity index is 1.67. The predicted octanol–water partition coefficient (Wildman–Crippen LogP) is 0.992. The van der Waals surface area contributed by atoms with Gasteiger partial charge in [-0.2, -0.15) is 5.26 Å². The summed E-state index contributed by atoms with van der Waals surface area (Å²) in [7, 11) is 0. The van der Waals surface area contributed by atoms with Crippen molar-refractivity contribution in [3.63, 3.8) is 0 Å². The summed E-state index contributed by atoms with van der Waals surface area (Å²) >= 11 is 0. The van der Waals surface area contributed by atoms with E-state index in [1.54, 1.807) is 11.0 Å². The molecule has 0 unspecified atom stereocenters. The molecule has 6 nitrogen and oxygen atoms in total. The fourth-order valence-electron chi connectivity index (χ4n) is 2.83. The van der Waals surface area contributed by atoms with Crippen molar-refractivity contribution in [2.24, 2.45) is 5.92 Å². The van der Waals surface area contributed by atoms with Crippen LogP contribution in [-0.2, 0) is 14.3 Å². The Morgan fingerprint density at radius 2 is 2.00 bits per heavy atom. The lowest BCUT2D eigenvalue weighted by Gasteiger charge is -2.31. The first-order valence-corrected chi connectivity index (χ1v) is 7.89. The maximum atomic E-state index is 11.9. The van der Waals surface area contributed by atoms with Crippen LogP contribution in [-0.4, -0.2) is 49.6 Å². The zero-order valence-corrected chi connectivity index (χ0v) is 12.8. The fourth-order valence-corrected chi connectivity index (χ4v) is 2.83. The van der Waals surface area contributed by atoms with E-state index in [0.29, 0.717) is 38.8 Å². The number of hydrogen-bond donors (Lipinski definition) is 1. The number of nitrogens with zero attached hydrogens (tertiary/aromatic N) is 2. The van der Waals surface area contributed by atoms with E-state index in [1.165, 1.54) is 0 Å². The van der Waals surface area contributed by atoms with E-state index < -0.39 is 0 Å². The Kier molecular flexibility index (Phi) is 6.41. The molecule has 120 valence electrons. The number of piperidine rings is 1. The number of rotatable bonds is 4. The van der Waals surface area contributed by atoms with Gasteiger partial charge in [-0.25, -0.2) is 0 Å². The first kappa shape index (κ1) is 16.5. The Hall–Kier alpha value is -1.87. The normalized spacial score (nSPS) is 19.4. The molecular weight excluding hydrogens is 282 g/mol. The number of carbonyl (C=O) groups is 2. The van der Waals surface area contributed by atoms with E-state index in [2.05, 4.69) is 5.32 Å². The monoisotopic (exact) mass is 305 g/mol. The quantitative estimate of drug-likeness (QED) is 0.785. The van der Waals surface area contributed by atoms with Gasteiger partial charge >= 0.3 is 0 Å². The summed E-state index contributed by atoms with van der Waals surface area (Å²) < 4.78 is 5.26. The molecular formula is C16H23N3O3. The topological polar surface area (TPSA) is 82.4 Å². The zero-order valence-electron chi connectivity index (χ0n) is 12.8. The molecule has 0 saturated carbocycles. The third-order valence-corrected chi connectivity index (χ3v) is 4.23. The van der Waals surface area contributed by atoms with Gasteiger partial charge in [-0.3, -0.25) is 9.59 Å². The largest absolute Gasteiger partial charge is 0.381 e. The van der Waals surface area contributed by atoms with Crippen LogP contribution >= 0.6 is 0 Å². The van der Waals surface area contributed by atoms with Gasteiger partial charge in [0.15, 0.2) is 0 Å². The van der Waals surface area contributed by atoms with Gasteiger partial charge in [0.05, 0.1) is 19.3 Å². The predicted molar refractivity (Wildman–Crippen MR) is 80.7 cm³/mol. The van der Waals surface area contributed by atoms with Gasteiger partial charge in [-0.1, -0.05) is 5.57 Å². The zero-order chi connectivity index (χ0) is 15.8. The lowest BCUT2D eigenvalue weighted by molar-refractivity contribution is -0.131. The molecule has 2 rings (SSSR count). The summed E-state index contributed by atoms with van der Waals surface area (Å²) in [5.74, 6) is 0.289. The molecule has 0 aromatic heterocycles. The molecule has 2 fully saturated rings. The molecule has 2 saturated heterocycles. The van der Waals surface area contributed by atoms with E-state index in [1.807, 2.05) is 6.07 Å². The van der Waals surface area contributed by atoms with Gasteiger partial charge in [0, 0.05) is 25.7 Å². The Bertz CT molecular complexity index is 466. The lowest BCUT2D eigenvalue weighted by Crippen LogP contribution is -2.41. The first-order valence-electron chi connectivity index (χ1n) is 7.89. The van der Waals surface area contributed by atoms with Gasteiger partial charge in [-0.15, -0.1) is 0 Å². The number of carbonyl (C=O) groups excluding carboxylic acids is 2. The van der Waals surface area contributed by atoms with Gasteiger partial charge < -0.3 is 15.0 Å². The fraction of sp³-hybridized carbons (Fsp3) is 0.688. The molecule has 2 heterocycles. The summed E-state index contributed by atoms with van der Waals surface area (Å²) in [4.78, 5) is 25.2. The van der Waals surface area contributed by atoms with Crippen molar-refractivity contribution in [3.8, 4) is 6.07 Å². The van der Waals surface area contributed by atoms with Crippen molar-refractivity contribution < 1.29 is 14.3 Å². The second-order valence-corrected chi connectivity index (χ2v) is 5.82. The minimum atomic E-state index is -0.0887. The van der Waals surface area contributed by atoms with E-state index in [-0.39, 0.29) is 18.2 Å². The third kappa shape index (κ3) is 5.15. The summed E-state index contributed by atoms with van der Waals surface area (Å²) in [5, 5.41) is 11.5. The molecule has 6 heteroatoms. The first-order chi connectivity index (χ1) is 10.7. The lowest BCUT2D eigenvalue weighted by atomic mass is 9.96. The Morgan fingerprint density at radius 1 is 1.32 bits per heavy atom. The maximum absolute atomic E-state index is 11.9. The number of amides is 2. The molecule has 1 N–H and O–H groups in total. The van der Waals surface area contributed by atoms with Crippen molar-refractivity contribution in [3.05, 3.63) is 11.6 Å². The molecule has 0 aliphatic carbocycles. The van der Waals surface area contributed by atoms with Crippen LogP contribution in [0.4, 0.5) is 0 Å². The van der Waals surface area contributed by atoms with Crippen LogP contribution < -0.4 is 5.32 Å². The number of nitriles is 1. The number of hydrogen-bond acceptors (Lipinski definition) is 4. The highest BCUT2D eigenvalue weighted by Gasteiger charge is 2.22. The van der Waals surface area contributed by atoms with E-state index in [9.17, 15) is 9.59 Å². The van der Waals surface area contributed by atoms with Gasteiger partial charge in [-0.05, 0) is 31.6 Å². The van der Waals surface area contributed by atoms with Crippen LogP contribution in [0, 0.1) is 17.2 Å². The standard InChI is InChI=1S/C16H23N3O3/c17-6-1-16(21)19-7-2-14(3-8-19)12-18-15(20)11-13-4-9-22-10-5-13/h11,14H,1-5,7-10,12H2,(H,18,20). The van der Waals surface area contributed by atoms with Gasteiger partial charge in [0.25, 0.3) is 0 Å². The molecule has 22 heavy (non-hydrogen) atoms. The van der Waals surface area contributed by atoms with Crippen molar-refractivity contribution in [2.45, 2.75) is 32.1 Å². The second-order valence-electron chi connectivity index (χ2n) is 5.82. The van der Waals surface area contributed by atoms with E-state index >= 15 is 0 Å². The molecule has 0 spiro atoms. The number of ether oxygens (including phenoxy) is 1. The maximum Gasteiger partial charge on any atom is 0.243 e. The van der Waals surface area contributed by atoms with E-state index in [4.69, 9.17) is 10.00 Å². The van der Waals surface area contributed by atoms with Gasteiger partial charge in [0.2, 0.25) is 11.8 Å². The van der Waals surface area contributed by atoms with E-state index in [0.717, 1.165) is 31.3 Å². The SMILES string of the molecule is N#CCC(=O)N1CCC(CNC(=O)C=C2CCOCC2)CC1. The minimum absolute atomic E-state index is 0.0279. The van der Waals surface area contributed by atoms with Crippen molar-refractivity contribution in [1.82, 2.24) is 10.2 Å². The van der Waals surface area contributed by atoms with Crippen LogP contribution in [0.5, 0.6) is 0 Å². The molecule has 2 aliphatic rings. The summed E-state index contributed by atoms with van der Waals surface area (Å²) in [6.45, 7) is 3.42. The van der Waals surface area contributed by atoms with Crippen molar-refractivity contribution >= 4 is 11.8 Å². The average molecular weight is 305 g/mol. The van der Waals surface area contributed by atoms with Crippen molar-refractivity contribution in [2.75, 3.05) is 32.8 Å². The van der Waals surface area contributed by atoms with Crippen molar-refractivity contribution in [1.29, 1.82) is 5.26 Å². The van der Waals surface area contributed by atoms with Crippen LogP contribution in [0.3, 0.4) is 0 Å². The molecule has 0 radical (unpaired) electrons. The molecule has 2 amide bonds. The second kappa shape index (κ2) is 8.54. The van der Waals surface area contributed by atoms with Crippen LogP contribution in [0.15, 0.2) is 11.6 Å². The van der Waals surface area contributed by atoms with Crippen LogP contribution in [0.2, 0.25) is 0 Å². The molecule has 0 bridgehead atoms. The average Bonchev–Trinajstić information content (AvgIpc) is 2.54.